The van der Waals surface area contributed by atoms with Crippen molar-refractivity contribution >= 4 is 22.8 Å². The van der Waals surface area contributed by atoms with Gasteiger partial charge < -0.3 is 14.4 Å². The fourth-order valence-corrected chi connectivity index (χ4v) is 8.11. The van der Waals surface area contributed by atoms with Gasteiger partial charge in [0, 0.05) is 29.3 Å². The summed E-state index contributed by atoms with van der Waals surface area (Å²) in [5.74, 6) is 1.58. The highest BCUT2D eigenvalue weighted by molar-refractivity contribution is 5.97. The summed E-state index contributed by atoms with van der Waals surface area (Å²) in [4.78, 5) is 32.6. The van der Waals surface area contributed by atoms with Gasteiger partial charge in [0.1, 0.15) is 23.5 Å². The first kappa shape index (κ1) is 27.0. The van der Waals surface area contributed by atoms with E-state index in [1.54, 1.807) is 0 Å². The summed E-state index contributed by atoms with van der Waals surface area (Å²) in [7, 11) is 0. The first-order valence-corrected chi connectivity index (χ1v) is 16.2. The lowest BCUT2D eigenvalue weighted by Gasteiger charge is -2.41. The molecular formula is C37H42N2O4. The van der Waals surface area contributed by atoms with Gasteiger partial charge in [-0.05, 0) is 93.9 Å². The lowest BCUT2D eigenvalue weighted by molar-refractivity contribution is -0.143. The van der Waals surface area contributed by atoms with Gasteiger partial charge in [0.05, 0.1) is 5.54 Å². The Morgan fingerprint density at radius 3 is 2.14 bits per heavy atom. The van der Waals surface area contributed by atoms with Crippen LogP contribution in [0.4, 0.5) is 4.79 Å². The van der Waals surface area contributed by atoms with E-state index in [-0.39, 0.29) is 41.5 Å². The number of amides is 2. The van der Waals surface area contributed by atoms with Crippen molar-refractivity contribution in [2.45, 2.75) is 120 Å². The summed E-state index contributed by atoms with van der Waals surface area (Å²) in [5.41, 5.74) is 2.26. The summed E-state index contributed by atoms with van der Waals surface area (Å²) in [6.45, 7) is 8.56. The quantitative estimate of drug-likeness (QED) is 0.275. The molecule has 43 heavy (non-hydrogen) atoms. The number of rotatable bonds is 8. The van der Waals surface area contributed by atoms with E-state index >= 15 is 0 Å². The van der Waals surface area contributed by atoms with Crippen LogP contribution < -0.4 is 4.74 Å². The molecule has 3 aromatic rings. The molecule has 0 heterocycles. The molecule has 0 radical (unpaired) electrons. The molecule has 4 fully saturated rings. The molecule has 5 aliphatic carbocycles. The van der Waals surface area contributed by atoms with Crippen LogP contribution in [0.15, 0.2) is 60.7 Å². The highest BCUT2D eigenvalue weighted by Gasteiger charge is 2.73. The van der Waals surface area contributed by atoms with Gasteiger partial charge in [-0.1, -0.05) is 61.5 Å². The van der Waals surface area contributed by atoms with Gasteiger partial charge in [0.15, 0.2) is 0 Å². The predicted molar refractivity (Wildman–Crippen MR) is 166 cm³/mol. The number of benzene rings is 3. The van der Waals surface area contributed by atoms with E-state index in [1.807, 2.05) is 43.9 Å². The number of ether oxygens (including phenoxy) is 2. The van der Waals surface area contributed by atoms with Crippen molar-refractivity contribution in [2.24, 2.45) is 0 Å². The summed E-state index contributed by atoms with van der Waals surface area (Å²) in [6, 6.07) is 21.5. The third-order valence-electron chi connectivity index (χ3n) is 10.5. The highest BCUT2D eigenvalue weighted by Crippen LogP contribution is 2.72. The predicted octanol–water partition coefficient (Wildman–Crippen LogP) is 7.69. The zero-order valence-electron chi connectivity index (χ0n) is 25.8. The lowest BCUT2D eigenvalue weighted by Crippen LogP contribution is -2.59. The van der Waals surface area contributed by atoms with Gasteiger partial charge in [-0.3, -0.25) is 9.69 Å². The molecule has 4 saturated carbocycles. The Morgan fingerprint density at radius 1 is 0.884 bits per heavy atom. The van der Waals surface area contributed by atoms with E-state index < -0.39 is 11.1 Å². The van der Waals surface area contributed by atoms with Crippen molar-refractivity contribution in [1.82, 2.24) is 9.80 Å². The second-order valence-corrected chi connectivity index (χ2v) is 14.7. The average molecular weight is 579 g/mol. The summed E-state index contributed by atoms with van der Waals surface area (Å²) < 4.78 is 12.4. The van der Waals surface area contributed by atoms with Crippen LogP contribution >= 0.6 is 0 Å². The fourth-order valence-electron chi connectivity index (χ4n) is 8.11. The monoisotopic (exact) mass is 578 g/mol. The molecule has 5 aliphatic rings. The first-order valence-electron chi connectivity index (χ1n) is 16.2. The van der Waals surface area contributed by atoms with Crippen molar-refractivity contribution < 1.29 is 19.1 Å². The number of nitrogens with zero attached hydrogens (tertiary/aromatic N) is 2. The number of fused-ring (bicyclic) bond motifs is 5. The number of carbonyl (C=O) groups is 2. The van der Waals surface area contributed by atoms with Gasteiger partial charge in [-0.15, -0.1) is 0 Å². The van der Waals surface area contributed by atoms with Crippen LogP contribution in [0.1, 0.15) is 101 Å². The molecule has 6 nitrogen and oxygen atoms in total. The largest absolute Gasteiger partial charge is 0.488 e. The Bertz CT molecular complexity index is 1610. The Morgan fingerprint density at radius 2 is 1.51 bits per heavy atom. The van der Waals surface area contributed by atoms with Gasteiger partial charge in [-0.2, -0.15) is 0 Å². The zero-order valence-corrected chi connectivity index (χ0v) is 25.8. The SMILES string of the molecule is CC1c2c(cc(OCc3ccccc3)c3ccccc23)C2CC12N(C(=O)C1(N(C(=O)OC(C)(C)C)C2CC2)CC1)C1CC1. The molecular weight excluding hydrogens is 536 g/mol. The van der Waals surface area contributed by atoms with Gasteiger partial charge >= 0.3 is 6.09 Å². The molecule has 0 bridgehead atoms. The number of carbonyl (C=O) groups excluding carboxylic acids is 2. The third-order valence-corrected chi connectivity index (χ3v) is 10.5. The van der Waals surface area contributed by atoms with E-state index in [0.717, 1.165) is 61.6 Å². The van der Waals surface area contributed by atoms with Crippen molar-refractivity contribution in [3.8, 4) is 5.75 Å². The molecule has 0 aliphatic heterocycles. The molecule has 3 aromatic carbocycles. The third kappa shape index (κ3) is 4.27. The molecule has 3 unspecified atom stereocenters. The Labute approximate surface area is 254 Å². The van der Waals surface area contributed by atoms with Crippen molar-refractivity contribution in [3.63, 3.8) is 0 Å². The number of hydrogen-bond donors (Lipinski definition) is 0. The van der Waals surface area contributed by atoms with Crippen LogP contribution in [0.25, 0.3) is 10.8 Å². The van der Waals surface area contributed by atoms with E-state index in [2.05, 4.69) is 54.3 Å². The maximum Gasteiger partial charge on any atom is 0.411 e. The Kier molecular flexibility index (Phi) is 5.81. The van der Waals surface area contributed by atoms with Crippen LogP contribution in [0.5, 0.6) is 5.75 Å². The maximum absolute atomic E-state index is 14.9. The van der Waals surface area contributed by atoms with E-state index in [9.17, 15) is 9.59 Å². The second kappa shape index (κ2) is 9.23. The minimum atomic E-state index is -0.755. The smallest absolute Gasteiger partial charge is 0.411 e. The van der Waals surface area contributed by atoms with Gasteiger partial charge in [0.2, 0.25) is 5.91 Å². The topological polar surface area (TPSA) is 59.1 Å². The molecule has 3 atom stereocenters. The molecule has 8 rings (SSSR count). The number of hydrogen-bond acceptors (Lipinski definition) is 4. The molecule has 0 N–H and O–H groups in total. The van der Waals surface area contributed by atoms with Gasteiger partial charge in [-0.25, -0.2) is 4.79 Å². The summed E-state index contributed by atoms with van der Waals surface area (Å²) in [5, 5.41) is 2.37. The molecule has 6 heteroatoms. The van der Waals surface area contributed by atoms with Gasteiger partial charge in [0.25, 0.3) is 0 Å². The normalized spacial score (nSPS) is 26.3. The van der Waals surface area contributed by atoms with Crippen LogP contribution in [0, 0.1) is 0 Å². The van der Waals surface area contributed by atoms with Crippen LogP contribution in [-0.4, -0.2) is 50.6 Å². The van der Waals surface area contributed by atoms with E-state index in [1.165, 1.54) is 16.5 Å². The molecule has 0 aromatic heterocycles. The average Bonchev–Trinajstić information content (AvgIpc) is 3.80. The maximum atomic E-state index is 14.9. The van der Waals surface area contributed by atoms with Crippen LogP contribution in [0.3, 0.4) is 0 Å². The van der Waals surface area contributed by atoms with E-state index in [0.29, 0.717) is 6.61 Å². The van der Waals surface area contributed by atoms with Crippen molar-refractivity contribution in [1.29, 1.82) is 0 Å². The van der Waals surface area contributed by atoms with Crippen LogP contribution in [-0.2, 0) is 16.1 Å². The minimum absolute atomic E-state index is 0.112. The Hall–Kier alpha value is -3.54. The first-order chi connectivity index (χ1) is 20.6. The molecule has 224 valence electrons. The zero-order chi connectivity index (χ0) is 29.7. The molecule has 0 spiro atoms. The fraction of sp³-hybridized carbons (Fsp3) is 0.514. The second-order valence-electron chi connectivity index (χ2n) is 14.7. The minimum Gasteiger partial charge on any atom is -0.488 e. The summed E-state index contributed by atoms with van der Waals surface area (Å²) in [6.07, 6.45) is 6.10. The highest BCUT2D eigenvalue weighted by atomic mass is 16.6. The van der Waals surface area contributed by atoms with Crippen molar-refractivity contribution in [2.75, 3.05) is 0 Å². The molecule has 0 saturated heterocycles. The summed E-state index contributed by atoms with van der Waals surface area (Å²) >= 11 is 0. The Balaban J connectivity index is 1.14. The molecule has 2 amide bonds. The lowest BCUT2D eigenvalue weighted by atomic mass is 9.88. The van der Waals surface area contributed by atoms with E-state index in [4.69, 9.17) is 9.47 Å². The standard InChI is InChI=1S/C37H42N2O4/c1-23-32-28-13-9-8-12-27(28)31(42-22-24-10-6-5-7-11-24)20-29(32)30-21-37(23,30)38(25-14-15-25)33(40)36(18-19-36)39(26-16-17-26)34(41)43-35(2,3)4/h5-13,20,23,25-26,30H,14-19,21-22H2,1-4H3. The van der Waals surface area contributed by atoms with Crippen LogP contribution in [0.2, 0.25) is 0 Å². The van der Waals surface area contributed by atoms with Crippen molar-refractivity contribution in [3.05, 3.63) is 77.4 Å².